The number of fused-ring (bicyclic) bond motifs is 1. The van der Waals surface area contributed by atoms with Gasteiger partial charge in [0.25, 0.3) is 11.8 Å². The maximum Gasteiger partial charge on any atom is 0.364 e. The van der Waals surface area contributed by atoms with Gasteiger partial charge >= 0.3 is 5.97 Å². The summed E-state index contributed by atoms with van der Waals surface area (Å²) in [7, 11) is 0. The number of amides is 2. The summed E-state index contributed by atoms with van der Waals surface area (Å²) in [6.45, 7) is 6.09. The second kappa shape index (κ2) is 6.16. The van der Waals surface area contributed by atoms with Gasteiger partial charge in [-0.3, -0.25) is 9.59 Å². The van der Waals surface area contributed by atoms with Crippen molar-refractivity contribution in [2.45, 2.75) is 32.6 Å². The topological polar surface area (TPSA) is 63.7 Å². The summed E-state index contributed by atoms with van der Waals surface area (Å²) in [5.41, 5.74) is 1.41. The largest absolute Gasteiger partial charge is 0.364 e. The van der Waals surface area contributed by atoms with Crippen molar-refractivity contribution in [3.8, 4) is 0 Å². The van der Waals surface area contributed by atoms with E-state index in [1.165, 1.54) is 12.1 Å². The van der Waals surface area contributed by atoms with E-state index >= 15 is 0 Å². The Bertz CT molecular complexity index is 835. The number of nitrogens with zero attached hydrogens (tertiary/aromatic N) is 1. The molecule has 0 saturated heterocycles. The van der Waals surface area contributed by atoms with E-state index in [1.54, 1.807) is 24.3 Å². The summed E-state index contributed by atoms with van der Waals surface area (Å²) in [5.74, 6) is -1.96. The molecule has 0 fully saturated rings. The first-order valence-electron chi connectivity index (χ1n) is 8.16. The third-order valence-corrected chi connectivity index (χ3v) is 4.69. The summed E-state index contributed by atoms with van der Waals surface area (Å²) >= 11 is 0. The maximum atomic E-state index is 12.7. The molecule has 1 aliphatic heterocycles. The van der Waals surface area contributed by atoms with E-state index < -0.39 is 17.8 Å². The number of benzene rings is 2. The molecule has 2 aromatic rings. The number of hydroxylamine groups is 2. The zero-order valence-corrected chi connectivity index (χ0v) is 14.4. The molecule has 0 N–H and O–H groups in total. The second-order valence-electron chi connectivity index (χ2n) is 6.61. The average Bonchev–Trinajstić information content (AvgIpc) is 2.87. The molecule has 128 valence electrons. The maximum absolute atomic E-state index is 12.7. The van der Waals surface area contributed by atoms with Crippen LogP contribution in [0.5, 0.6) is 0 Å². The molecule has 25 heavy (non-hydrogen) atoms. The van der Waals surface area contributed by atoms with Crippen LogP contribution >= 0.6 is 0 Å². The number of hydrogen-bond acceptors (Lipinski definition) is 4. The van der Waals surface area contributed by atoms with Gasteiger partial charge in [-0.1, -0.05) is 56.2 Å². The van der Waals surface area contributed by atoms with Crippen molar-refractivity contribution in [2.75, 3.05) is 0 Å². The van der Waals surface area contributed by atoms with E-state index in [0.29, 0.717) is 10.6 Å². The van der Waals surface area contributed by atoms with Gasteiger partial charge in [0.2, 0.25) is 0 Å². The summed E-state index contributed by atoms with van der Waals surface area (Å²) in [6.07, 6.45) is 0.824. The third-order valence-electron chi connectivity index (χ3n) is 4.69. The van der Waals surface area contributed by atoms with Crippen LogP contribution in [0.15, 0.2) is 48.5 Å². The molecule has 5 nitrogen and oxygen atoms in total. The van der Waals surface area contributed by atoms with Crippen LogP contribution < -0.4 is 0 Å². The quantitative estimate of drug-likeness (QED) is 0.797. The van der Waals surface area contributed by atoms with Crippen LogP contribution in [0.4, 0.5) is 0 Å². The number of carbonyl (C=O) groups is 3. The Labute approximate surface area is 146 Å². The van der Waals surface area contributed by atoms with E-state index in [-0.39, 0.29) is 16.5 Å². The van der Waals surface area contributed by atoms with Crippen molar-refractivity contribution in [3.63, 3.8) is 0 Å². The Morgan fingerprint density at radius 1 is 0.960 bits per heavy atom. The van der Waals surface area contributed by atoms with Crippen molar-refractivity contribution >= 4 is 17.8 Å². The highest BCUT2D eigenvalue weighted by Gasteiger charge is 2.39. The SMILES string of the molecule is CCC(C)(C)c1ccccc1C(=O)ON1C(=O)c2ccccc2C1=O. The molecule has 2 aromatic carbocycles. The van der Waals surface area contributed by atoms with Gasteiger partial charge in [0, 0.05) is 0 Å². The van der Waals surface area contributed by atoms with Crippen molar-refractivity contribution in [3.05, 3.63) is 70.8 Å². The molecule has 0 saturated carbocycles. The molecule has 0 spiro atoms. The van der Waals surface area contributed by atoms with Crippen LogP contribution in [0.25, 0.3) is 0 Å². The smallest absolute Gasteiger partial charge is 0.324 e. The molecule has 3 rings (SSSR count). The van der Waals surface area contributed by atoms with Crippen molar-refractivity contribution < 1.29 is 19.2 Å². The van der Waals surface area contributed by atoms with E-state index in [0.717, 1.165) is 12.0 Å². The van der Waals surface area contributed by atoms with Crippen LogP contribution in [-0.4, -0.2) is 22.8 Å². The van der Waals surface area contributed by atoms with E-state index in [4.69, 9.17) is 4.84 Å². The van der Waals surface area contributed by atoms with Crippen LogP contribution in [0.2, 0.25) is 0 Å². The van der Waals surface area contributed by atoms with Crippen LogP contribution in [0.3, 0.4) is 0 Å². The van der Waals surface area contributed by atoms with Crippen LogP contribution in [-0.2, 0) is 10.3 Å². The van der Waals surface area contributed by atoms with Gasteiger partial charge in [-0.15, -0.1) is 0 Å². The molecule has 0 aromatic heterocycles. The number of imide groups is 1. The van der Waals surface area contributed by atoms with Gasteiger partial charge in [-0.25, -0.2) is 4.79 Å². The highest BCUT2D eigenvalue weighted by atomic mass is 16.7. The molecule has 1 heterocycles. The third kappa shape index (κ3) is 2.82. The monoisotopic (exact) mass is 337 g/mol. The van der Waals surface area contributed by atoms with Gasteiger partial charge in [0.05, 0.1) is 16.7 Å². The van der Waals surface area contributed by atoms with E-state index in [9.17, 15) is 14.4 Å². The Kier molecular flexibility index (Phi) is 4.17. The van der Waals surface area contributed by atoms with Crippen molar-refractivity contribution in [1.82, 2.24) is 5.06 Å². The number of rotatable bonds is 4. The molecule has 2 amide bonds. The van der Waals surface area contributed by atoms with Gasteiger partial charge < -0.3 is 4.84 Å². The summed E-state index contributed by atoms with van der Waals surface area (Å²) in [6, 6.07) is 13.5. The minimum Gasteiger partial charge on any atom is -0.324 e. The summed E-state index contributed by atoms with van der Waals surface area (Å²) in [5, 5.41) is 0.544. The highest BCUT2D eigenvalue weighted by molar-refractivity contribution is 6.21. The van der Waals surface area contributed by atoms with Crippen molar-refractivity contribution in [1.29, 1.82) is 0 Å². The molecule has 0 atom stereocenters. The normalized spacial score (nSPS) is 13.8. The first-order valence-corrected chi connectivity index (χ1v) is 8.16. The van der Waals surface area contributed by atoms with Gasteiger partial charge in [-0.2, -0.15) is 0 Å². The fourth-order valence-corrected chi connectivity index (χ4v) is 2.82. The molecule has 0 unspecified atom stereocenters. The van der Waals surface area contributed by atoms with Gasteiger partial charge in [0.15, 0.2) is 0 Å². The molecule has 0 bridgehead atoms. The van der Waals surface area contributed by atoms with Crippen molar-refractivity contribution in [2.24, 2.45) is 0 Å². The lowest BCUT2D eigenvalue weighted by Gasteiger charge is -2.26. The second-order valence-corrected chi connectivity index (χ2v) is 6.61. The average molecular weight is 337 g/mol. The first-order chi connectivity index (χ1) is 11.9. The lowest BCUT2D eigenvalue weighted by atomic mass is 9.80. The molecule has 0 radical (unpaired) electrons. The minimum atomic E-state index is -0.716. The fourth-order valence-electron chi connectivity index (χ4n) is 2.82. The Morgan fingerprint density at radius 2 is 1.48 bits per heavy atom. The molecule has 5 heteroatoms. The predicted octanol–water partition coefficient (Wildman–Crippen LogP) is 3.74. The zero-order chi connectivity index (χ0) is 18.2. The van der Waals surface area contributed by atoms with Gasteiger partial charge in [0.1, 0.15) is 0 Å². The first kappa shape index (κ1) is 16.9. The molecular weight excluding hydrogens is 318 g/mol. The molecule has 1 aliphatic rings. The van der Waals surface area contributed by atoms with Gasteiger partial charge in [-0.05, 0) is 35.6 Å². The fraction of sp³-hybridized carbons (Fsp3) is 0.250. The molecular formula is C20H19NO4. The minimum absolute atomic E-state index is 0.238. The number of carbonyl (C=O) groups excluding carboxylic acids is 3. The Morgan fingerprint density at radius 3 is 2.04 bits per heavy atom. The summed E-state index contributed by atoms with van der Waals surface area (Å²) < 4.78 is 0. The standard InChI is InChI=1S/C20H19NO4/c1-4-20(2,3)16-12-8-7-11-15(16)19(24)25-21-17(22)13-9-5-6-10-14(13)18(21)23/h5-12H,4H2,1-3H3. The lowest BCUT2D eigenvalue weighted by molar-refractivity contribution is -0.0586. The van der Waals surface area contributed by atoms with E-state index in [1.807, 2.05) is 32.9 Å². The Hall–Kier alpha value is -2.95. The highest BCUT2D eigenvalue weighted by Crippen LogP contribution is 2.31. The van der Waals surface area contributed by atoms with E-state index in [2.05, 4.69) is 0 Å². The van der Waals surface area contributed by atoms with Crippen LogP contribution in [0.1, 0.15) is 63.8 Å². The lowest BCUT2D eigenvalue weighted by Crippen LogP contribution is -2.33. The zero-order valence-electron chi connectivity index (χ0n) is 14.4. The summed E-state index contributed by atoms with van der Waals surface area (Å²) in [4.78, 5) is 42.5. The predicted molar refractivity (Wildman–Crippen MR) is 92.1 cm³/mol. The molecule has 0 aliphatic carbocycles. The number of hydrogen-bond donors (Lipinski definition) is 0. The Balaban J connectivity index is 1.90. The van der Waals surface area contributed by atoms with Crippen LogP contribution in [0, 0.1) is 0 Å².